The average Bonchev–Trinajstić information content (AvgIpc) is 2.67. The highest BCUT2D eigenvalue weighted by Gasteiger charge is 2.08. The van der Waals surface area contributed by atoms with Gasteiger partial charge in [0.2, 0.25) is 0 Å². The molecule has 0 unspecified atom stereocenters. The number of anilines is 1. The summed E-state index contributed by atoms with van der Waals surface area (Å²) in [6, 6.07) is 25.5. The van der Waals surface area contributed by atoms with Gasteiger partial charge in [-0.05, 0) is 43.1 Å². The summed E-state index contributed by atoms with van der Waals surface area (Å²) in [4.78, 5) is 7.09. The van der Waals surface area contributed by atoms with Crippen molar-refractivity contribution in [3.8, 4) is 11.3 Å². The summed E-state index contributed by atoms with van der Waals surface area (Å²) in [7, 11) is 4.18. The minimum Gasteiger partial charge on any atom is -0.383 e. The molecule has 3 aromatic carbocycles. The Morgan fingerprint density at radius 3 is 2.32 bits per heavy atom. The molecule has 1 aromatic heterocycles. The van der Waals surface area contributed by atoms with Crippen molar-refractivity contribution in [1.29, 1.82) is 0 Å². The van der Waals surface area contributed by atoms with Crippen LogP contribution in [0.1, 0.15) is 0 Å². The van der Waals surface area contributed by atoms with Crippen molar-refractivity contribution in [2.75, 3.05) is 32.5 Å². The van der Waals surface area contributed by atoms with E-state index in [1.807, 2.05) is 6.07 Å². The molecule has 0 aliphatic carbocycles. The van der Waals surface area contributed by atoms with Crippen LogP contribution in [-0.2, 0) is 0 Å². The Morgan fingerprint density at radius 2 is 1.54 bits per heavy atom. The molecule has 0 radical (unpaired) electrons. The quantitative estimate of drug-likeness (QED) is 0.353. The maximum atomic E-state index is 4.91. The van der Waals surface area contributed by atoms with Crippen molar-refractivity contribution in [3.05, 3.63) is 72.8 Å². The Balaban J connectivity index is 0.00000140. The summed E-state index contributed by atoms with van der Waals surface area (Å²) in [5.74, 6) is 0. The van der Waals surface area contributed by atoms with Crippen LogP contribution in [0.25, 0.3) is 32.9 Å². The number of para-hydroxylation sites is 1. The number of pyridine rings is 1. The largest absolute Gasteiger partial charge is 0.383 e. The SMILES string of the molecule is Br.Br.CN(C)CCNc1cc(-c2ccc3ccccc3c2)nc2ccccc12. The molecule has 0 fully saturated rings. The van der Waals surface area contributed by atoms with Gasteiger partial charge in [-0.2, -0.15) is 0 Å². The molecule has 0 aliphatic rings. The highest BCUT2D eigenvalue weighted by atomic mass is 79.9. The maximum Gasteiger partial charge on any atom is 0.0730 e. The molecule has 146 valence electrons. The Bertz CT molecular complexity index is 1060. The second-order valence-electron chi connectivity index (χ2n) is 6.86. The van der Waals surface area contributed by atoms with Gasteiger partial charge in [0, 0.05) is 29.7 Å². The van der Waals surface area contributed by atoms with Gasteiger partial charge in [-0.15, -0.1) is 34.0 Å². The molecule has 0 spiro atoms. The number of rotatable bonds is 5. The lowest BCUT2D eigenvalue weighted by molar-refractivity contribution is 0.425. The van der Waals surface area contributed by atoms with Crippen molar-refractivity contribution in [3.63, 3.8) is 0 Å². The van der Waals surface area contributed by atoms with E-state index in [0.717, 1.165) is 40.9 Å². The van der Waals surface area contributed by atoms with Gasteiger partial charge in [-0.1, -0.05) is 54.6 Å². The Labute approximate surface area is 187 Å². The van der Waals surface area contributed by atoms with E-state index in [-0.39, 0.29) is 34.0 Å². The molecule has 0 aliphatic heterocycles. The first-order chi connectivity index (χ1) is 12.7. The van der Waals surface area contributed by atoms with Crippen LogP contribution < -0.4 is 5.32 Å². The smallest absolute Gasteiger partial charge is 0.0730 e. The molecule has 28 heavy (non-hydrogen) atoms. The second-order valence-corrected chi connectivity index (χ2v) is 6.86. The Kier molecular flexibility index (Phi) is 7.98. The zero-order valence-electron chi connectivity index (χ0n) is 16.1. The van der Waals surface area contributed by atoms with E-state index in [1.165, 1.54) is 10.8 Å². The predicted molar refractivity (Wildman–Crippen MR) is 132 cm³/mol. The minimum absolute atomic E-state index is 0. The van der Waals surface area contributed by atoms with Gasteiger partial charge < -0.3 is 10.2 Å². The maximum absolute atomic E-state index is 4.91. The lowest BCUT2D eigenvalue weighted by Gasteiger charge is -2.14. The lowest BCUT2D eigenvalue weighted by atomic mass is 10.0. The van der Waals surface area contributed by atoms with Gasteiger partial charge in [0.15, 0.2) is 0 Å². The normalized spacial score (nSPS) is 10.5. The summed E-state index contributed by atoms with van der Waals surface area (Å²) in [5.41, 5.74) is 4.30. The van der Waals surface area contributed by atoms with E-state index < -0.39 is 0 Å². The molecule has 0 atom stereocenters. The number of halogens is 2. The van der Waals surface area contributed by atoms with Crippen LogP contribution in [0.5, 0.6) is 0 Å². The molecule has 0 saturated heterocycles. The van der Waals surface area contributed by atoms with E-state index in [2.05, 4.69) is 91.0 Å². The summed E-state index contributed by atoms with van der Waals surface area (Å²) >= 11 is 0. The molecule has 4 rings (SSSR count). The standard InChI is InChI=1S/C23H23N3.2BrH/c1-26(2)14-13-24-23-16-22(25-21-10-6-5-9-20(21)23)19-12-11-17-7-3-4-8-18(17)15-19;;/h3-12,15-16H,13-14H2,1-2H3,(H,24,25);2*1H. The van der Waals surface area contributed by atoms with Gasteiger partial charge in [0.05, 0.1) is 11.2 Å². The minimum atomic E-state index is 0. The summed E-state index contributed by atoms with van der Waals surface area (Å²) < 4.78 is 0. The summed E-state index contributed by atoms with van der Waals surface area (Å²) in [6.07, 6.45) is 0. The first-order valence-electron chi connectivity index (χ1n) is 8.98. The molecule has 0 amide bonds. The number of likely N-dealkylation sites (N-methyl/N-ethyl adjacent to an activating group) is 1. The summed E-state index contributed by atoms with van der Waals surface area (Å²) in [5, 5.41) is 7.24. The topological polar surface area (TPSA) is 28.2 Å². The van der Waals surface area contributed by atoms with Gasteiger partial charge >= 0.3 is 0 Å². The van der Waals surface area contributed by atoms with Gasteiger partial charge in [-0.3, -0.25) is 0 Å². The Hall–Kier alpha value is -1.95. The zero-order chi connectivity index (χ0) is 17.9. The number of hydrogen-bond acceptors (Lipinski definition) is 3. The zero-order valence-corrected chi connectivity index (χ0v) is 19.5. The van der Waals surface area contributed by atoms with Crippen molar-refractivity contribution >= 4 is 61.3 Å². The third-order valence-corrected chi connectivity index (χ3v) is 4.64. The Morgan fingerprint density at radius 1 is 0.821 bits per heavy atom. The van der Waals surface area contributed by atoms with E-state index >= 15 is 0 Å². The molecule has 3 nitrogen and oxygen atoms in total. The first kappa shape index (κ1) is 22.3. The van der Waals surface area contributed by atoms with Gasteiger partial charge in [0.25, 0.3) is 0 Å². The summed E-state index contributed by atoms with van der Waals surface area (Å²) in [6.45, 7) is 1.89. The van der Waals surface area contributed by atoms with Crippen molar-refractivity contribution in [1.82, 2.24) is 9.88 Å². The van der Waals surface area contributed by atoms with E-state index in [4.69, 9.17) is 4.98 Å². The molecular weight excluding hydrogens is 478 g/mol. The molecular formula is C23H25Br2N3. The van der Waals surface area contributed by atoms with E-state index in [9.17, 15) is 0 Å². The highest BCUT2D eigenvalue weighted by molar-refractivity contribution is 8.93. The number of hydrogen-bond donors (Lipinski definition) is 1. The fourth-order valence-corrected chi connectivity index (χ4v) is 3.23. The molecule has 1 N–H and O–H groups in total. The fourth-order valence-electron chi connectivity index (χ4n) is 3.23. The van der Waals surface area contributed by atoms with Crippen LogP contribution in [0.15, 0.2) is 72.8 Å². The van der Waals surface area contributed by atoms with E-state index in [0.29, 0.717) is 0 Å². The second kappa shape index (κ2) is 10.0. The third kappa shape index (κ3) is 4.90. The fraction of sp³-hybridized carbons (Fsp3) is 0.174. The van der Waals surface area contributed by atoms with Crippen LogP contribution in [0.2, 0.25) is 0 Å². The third-order valence-electron chi connectivity index (χ3n) is 4.64. The van der Waals surface area contributed by atoms with Crippen LogP contribution in [0.4, 0.5) is 5.69 Å². The lowest BCUT2D eigenvalue weighted by Crippen LogP contribution is -2.20. The van der Waals surface area contributed by atoms with Crippen LogP contribution in [0, 0.1) is 0 Å². The van der Waals surface area contributed by atoms with Gasteiger partial charge in [0.1, 0.15) is 0 Å². The molecule has 1 heterocycles. The van der Waals surface area contributed by atoms with Crippen molar-refractivity contribution in [2.24, 2.45) is 0 Å². The highest BCUT2D eigenvalue weighted by Crippen LogP contribution is 2.30. The average molecular weight is 503 g/mol. The molecule has 0 bridgehead atoms. The number of aromatic nitrogens is 1. The number of nitrogens with zero attached hydrogens (tertiary/aromatic N) is 2. The monoisotopic (exact) mass is 501 g/mol. The van der Waals surface area contributed by atoms with Crippen LogP contribution in [-0.4, -0.2) is 37.1 Å². The molecule has 0 saturated carbocycles. The molecule has 5 heteroatoms. The predicted octanol–water partition coefficient (Wildman–Crippen LogP) is 6.18. The van der Waals surface area contributed by atoms with Crippen LogP contribution >= 0.6 is 34.0 Å². The van der Waals surface area contributed by atoms with Crippen LogP contribution in [0.3, 0.4) is 0 Å². The number of nitrogens with one attached hydrogen (secondary N) is 1. The van der Waals surface area contributed by atoms with Gasteiger partial charge in [-0.25, -0.2) is 4.98 Å². The van der Waals surface area contributed by atoms with Crippen molar-refractivity contribution in [2.45, 2.75) is 0 Å². The number of benzene rings is 3. The van der Waals surface area contributed by atoms with Crippen molar-refractivity contribution < 1.29 is 0 Å². The van der Waals surface area contributed by atoms with E-state index in [1.54, 1.807) is 0 Å². The first-order valence-corrected chi connectivity index (χ1v) is 8.98. The number of fused-ring (bicyclic) bond motifs is 2. The molecule has 4 aromatic rings.